The Balaban J connectivity index is 2.23. The minimum atomic E-state index is -0.137. The average molecular weight is 280 g/mol. The molecule has 20 heavy (non-hydrogen) atoms. The van der Waals surface area contributed by atoms with Crippen LogP contribution in [-0.2, 0) is 11.3 Å². The summed E-state index contributed by atoms with van der Waals surface area (Å²) in [6, 6.07) is 5.67. The second-order valence-electron chi connectivity index (χ2n) is 5.94. The molecule has 0 saturated carbocycles. The molecule has 0 aliphatic carbocycles. The molecule has 1 aliphatic rings. The van der Waals surface area contributed by atoms with Crippen LogP contribution in [0.3, 0.4) is 0 Å². The minimum absolute atomic E-state index is 0.137. The second-order valence-corrected chi connectivity index (χ2v) is 5.94. The molecule has 0 bridgehead atoms. The number of morpholine rings is 1. The summed E-state index contributed by atoms with van der Waals surface area (Å²) in [6.07, 6.45) is 0.348. The van der Waals surface area contributed by atoms with E-state index in [0.29, 0.717) is 12.6 Å². The molecule has 3 nitrogen and oxygen atoms in total. The predicted molar refractivity (Wildman–Crippen MR) is 80.6 cm³/mol. The van der Waals surface area contributed by atoms with E-state index in [2.05, 4.69) is 37.9 Å². The molecule has 0 radical (unpaired) electrons. The minimum Gasteiger partial charge on any atom is -0.372 e. The predicted octanol–water partition coefficient (Wildman–Crippen LogP) is 2.94. The summed E-state index contributed by atoms with van der Waals surface area (Å²) in [4.78, 5) is 2.24. The van der Waals surface area contributed by atoms with Gasteiger partial charge in [0.15, 0.2) is 0 Å². The van der Waals surface area contributed by atoms with Crippen LogP contribution >= 0.6 is 0 Å². The zero-order valence-corrected chi connectivity index (χ0v) is 12.8. The number of anilines is 1. The summed E-state index contributed by atoms with van der Waals surface area (Å²) >= 11 is 0. The fraction of sp³-hybridized carbons (Fsp3) is 0.625. The molecule has 0 amide bonds. The van der Waals surface area contributed by atoms with E-state index in [0.717, 1.165) is 24.3 Å². The van der Waals surface area contributed by atoms with E-state index >= 15 is 0 Å². The molecule has 1 saturated heterocycles. The molecule has 112 valence electrons. The quantitative estimate of drug-likeness (QED) is 0.917. The molecule has 0 spiro atoms. The van der Waals surface area contributed by atoms with Crippen molar-refractivity contribution in [2.24, 2.45) is 0 Å². The molecule has 1 N–H and O–H groups in total. The summed E-state index contributed by atoms with van der Waals surface area (Å²) in [5, 5.41) is 3.31. The number of halogens is 1. The van der Waals surface area contributed by atoms with E-state index in [9.17, 15) is 4.39 Å². The molecular weight excluding hydrogens is 255 g/mol. The smallest absolute Gasteiger partial charge is 0.129 e. The summed E-state index contributed by atoms with van der Waals surface area (Å²) in [6.45, 7) is 10.4. The van der Waals surface area contributed by atoms with Crippen molar-refractivity contribution in [1.29, 1.82) is 0 Å². The van der Waals surface area contributed by atoms with Crippen molar-refractivity contribution in [1.82, 2.24) is 5.32 Å². The third-order valence-electron chi connectivity index (χ3n) is 3.54. The topological polar surface area (TPSA) is 24.5 Å². The molecule has 4 heteroatoms. The zero-order valence-electron chi connectivity index (χ0n) is 12.8. The number of nitrogens with one attached hydrogen (secondary N) is 1. The number of nitrogens with zero attached hydrogens (tertiary/aromatic N) is 1. The van der Waals surface area contributed by atoms with E-state index in [1.807, 2.05) is 6.07 Å². The first kappa shape index (κ1) is 15.3. The first-order valence-corrected chi connectivity index (χ1v) is 7.38. The second kappa shape index (κ2) is 6.55. The third kappa shape index (κ3) is 3.70. The van der Waals surface area contributed by atoms with Gasteiger partial charge in [0.05, 0.1) is 12.2 Å². The molecule has 2 unspecified atom stereocenters. The van der Waals surface area contributed by atoms with Gasteiger partial charge in [0.25, 0.3) is 0 Å². The highest BCUT2D eigenvalue weighted by atomic mass is 19.1. The Hall–Kier alpha value is -1.13. The van der Waals surface area contributed by atoms with Crippen molar-refractivity contribution in [2.45, 2.75) is 52.5 Å². The standard InChI is InChI=1S/C16H25FN2O/c1-11(2)18-8-14-15(17)6-5-7-16(14)19-9-12(3)20-13(4)10-19/h5-7,11-13,18H,8-10H2,1-4H3. The van der Waals surface area contributed by atoms with Gasteiger partial charge in [-0.05, 0) is 26.0 Å². The first-order valence-electron chi connectivity index (χ1n) is 7.38. The van der Waals surface area contributed by atoms with Gasteiger partial charge in [-0.3, -0.25) is 0 Å². The maximum Gasteiger partial charge on any atom is 0.129 e. The van der Waals surface area contributed by atoms with E-state index in [1.165, 1.54) is 6.07 Å². The maximum absolute atomic E-state index is 14.2. The summed E-state index contributed by atoms with van der Waals surface area (Å²) < 4.78 is 19.9. The van der Waals surface area contributed by atoms with Crippen LogP contribution in [0.5, 0.6) is 0 Å². The van der Waals surface area contributed by atoms with Gasteiger partial charge in [-0.15, -0.1) is 0 Å². The third-order valence-corrected chi connectivity index (χ3v) is 3.54. The number of benzene rings is 1. The van der Waals surface area contributed by atoms with Crippen LogP contribution < -0.4 is 10.2 Å². The van der Waals surface area contributed by atoms with Crippen molar-refractivity contribution in [3.8, 4) is 0 Å². The average Bonchev–Trinajstić information content (AvgIpc) is 2.35. The van der Waals surface area contributed by atoms with Crippen LogP contribution in [0.15, 0.2) is 18.2 Å². The molecule has 1 aromatic rings. The molecule has 2 atom stereocenters. The Labute approximate surface area is 121 Å². The Morgan fingerprint density at radius 3 is 2.55 bits per heavy atom. The van der Waals surface area contributed by atoms with Crippen molar-refractivity contribution in [3.05, 3.63) is 29.6 Å². The summed E-state index contributed by atoms with van der Waals surface area (Å²) in [5.74, 6) is -0.137. The lowest BCUT2D eigenvalue weighted by Crippen LogP contribution is -2.46. The van der Waals surface area contributed by atoms with Crippen LogP contribution in [0.4, 0.5) is 10.1 Å². The van der Waals surface area contributed by atoms with Crippen LogP contribution in [0.25, 0.3) is 0 Å². The fourth-order valence-electron chi connectivity index (χ4n) is 2.70. The number of hydrogen-bond donors (Lipinski definition) is 1. The lowest BCUT2D eigenvalue weighted by atomic mass is 10.1. The van der Waals surface area contributed by atoms with Crippen LogP contribution in [-0.4, -0.2) is 31.3 Å². The van der Waals surface area contributed by atoms with E-state index in [4.69, 9.17) is 4.74 Å². The van der Waals surface area contributed by atoms with Crippen LogP contribution in [0.1, 0.15) is 33.3 Å². The van der Waals surface area contributed by atoms with Gasteiger partial charge in [-0.1, -0.05) is 19.9 Å². The number of hydrogen-bond acceptors (Lipinski definition) is 3. The molecule has 2 rings (SSSR count). The lowest BCUT2D eigenvalue weighted by Gasteiger charge is -2.38. The Morgan fingerprint density at radius 2 is 1.95 bits per heavy atom. The van der Waals surface area contributed by atoms with E-state index in [-0.39, 0.29) is 18.0 Å². The number of rotatable bonds is 4. The molecule has 1 heterocycles. The van der Waals surface area contributed by atoms with Crippen molar-refractivity contribution >= 4 is 5.69 Å². The van der Waals surface area contributed by atoms with Gasteiger partial charge < -0.3 is 15.0 Å². The molecule has 1 aromatic carbocycles. The van der Waals surface area contributed by atoms with E-state index in [1.54, 1.807) is 6.07 Å². The highest BCUT2D eigenvalue weighted by Gasteiger charge is 2.24. The van der Waals surface area contributed by atoms with Crippen molar-refractivity contribution in [3.63, 3.8) is 0 Å². The summed E-state index contributed by atoms with van der Waals surface area (Å²) in [7, 11) is 0. The SMILES string of the molecule is CC(C)NCc1c(F)cccc1N1CC(C)OC(C)C1. The van der Waals surface area contributed by atoms with Gasteiger partial charge in [0, 0.05) is 36.9 Å². The van der Waals surface area contributed by atoms with Crippen LogP contribution in [0, 0.1) is 5.82 Å². The van der Waals surface area contributed by atoms with Gasteiger partial charge >= 0.3 is 0 Å². The highest BCUT2D eigenvalue weighted by molar-refractivity contribution is 5.54. The fourth-order valence-corrected chi connectivity index (χ4v) is 2.70. The Kier molecular flexibility index (Phi) is 5.00. The highest BCUT2D eigenvalue weighted by Crippen LogP contribution is 2.26. The number of ether oxygens (including phenoxy) is 1. The molecular formula is C16H25FN2O. The first-order chi connectivity index (χ1) is 9.47. The monoisotopic (exact) mass is 280 g/mol. The van der Waals surface area contributed by atoms with Crippen LogP contribution in [0.2, 0.25) is 0 Å². The summed E-state index contributed by atoms with van der Waals surface area (Å²) in [5.41, 5.74) is 1.74. The van der Waals surface area contributed by atoms with Gasteiger partial charge in [-0.25, -0.2) is 4.39 Å². The normalized spacial score (nSPS) is 23.4. The molecule has 1 fully saturated rings. The maximum atomic E-state index is 14.2. The largest absolute Gasteiger partial charge is 0.372 e. The van der Waals surface area contributed by atoms with Gasteiger partial charge in [-0.2, -0.15) is 0 Å². The molecule has 1 aliphatic heterocycles. The van der Waals surface area contributed by atoms with E-state index < -0.39 is 0 Å². The molecule has 0 aromatic heterocycles. The Bertz CT molecular complexity index is 440. The Morgan fingerprint density at radius 1 is 1.30 bits per heavy atom. The van der Waals surface area contributed by atoms with Gasteiger partial charge in [0.2, 0.25) is 0 Å². The van der Waals surface area contributed by atoms with Gasteiger partial charge in [0.1, 0.15) is 5.82 Å². The zero-order chi connectivity index (χ0) is 14.7. The van der Waals surface area contributed by atoms with Crippen molar-refractivity contribution in [2.75, 3.05) is 18.0 Å². The lowest BCUT2D eigenvalue weighted by molar-refractivity contribution is -0.00528. The van der Waals surface area contributed by atoms with Crippen molar-refractivity contribution < 1.29 is 9.13 Å².